The van der Waals surface area contributed by atoms with E-state index >= 15 is 0 Å². The monoisotopic (exact) mass is 497 g/mol. The summed E-state index contributed by atoms with van der Waals surface area (Å²) in [6.07, 6.45) is 3.27. The third-order valence-corrected chi connectivity index (χ3v) is 9.13. The second-order valence-electron chi connectivity index (χ2n) is 8.44. The van der Waals surface area contributed by atoms with Gasteiger partial charge in [0.05, 0.1) is 36.0 Å². The molecule has 0 bridgehead atoms. The molecule has 1 aliphatic heterocycles. The van der Waals surface area contributed by atoms with E-state index in [0.717, 1.165) is 16.0 Å². The summed E-state index contributed by atoms with van der Waals surface area (Å²) in [6.45, 7) is 1.81. The van der Waals surface area contributed by atoms with Crippen LogP contribution in [0.4, 0.5) is 0 Å². The Morgan fingerprint density at radius 3 is 2.71 bits per heavy atom. The van der Waals surface area contributed by atoms with Crippen molar-refractivity contribution in [2.45, 2.75) is 32.5 Å². The number of carbonyl (C=O) groups excluding carboxylic acids is 1. The van der Waals surface area contributed by atoms with Gasteiger partial charge < -0.3 is 9.32 Å². The average Bonchev–Trinajstić information content (AvgIpc) is 3.54. The number of sulfone groups is 1. The van der Waals surface area contributed by atoms with Crippen molar-refractivity contribution in [3.8, 4) is 10.4 Å². The number of hydrogen-bond donors (Lipinski definition) is 0. The maximum Gasteiger partial charge on any atom is 0.262 e. The number of benzene rings is 1. The number of nitrogens with zero attached hydrogens (tertiary/aromatic N) is 3. The van der Waals surface area contributed by atoms with Crippen LogP contribution in [0.25, 0.3) is 20.7 Å². The molecule has 0 spiro atoms. The lowest BCUT2D eigenvalue weighted by Crippen LogP contribution is -2.43. The summed E-state index contributed by atoms with van der Waals surface area (Å²) < 4.78 is 30.8. The van der Waals surface area contributed by atoms with E-state index < -0.39 is 15.9 Å². The van der Waals surface area contributed by atoms with Crippen LogP contribution in [0.5, 0.6) is 0 Å². The molecule has 8 nitrogen and oxygen atoms in total. The summed E-state index contributed by atoms with van der Waals surface area (Å²) in [6, 6.07) is 12.8. The molecule has 4 aromatic rings. The van der Waals surface area contributed by atoms with Crippen molar-refractivity contribution >= 4 is 37.3 Å². The van der Waals surface area contributed by atoms with Crippen LogP contribution in [0, 0.1) is 6.92 Å². The molecular weight excluding hydrogens is 474 g/mol. The summed E-state index contributed by atoms with van der Waals surface area (Å²) in [5.74, 6) is 0.164. The molecule has 0 aliphatic carbocycles. The zero-order chi connectivity index (χ0) is 23.9. The van der Waals surface area contributed by atoms with Crippen molar-refractivity contribution in [1.82, 2.24) is 14.5 Å². The molecule has 0 saturated carbocycles. The molecule has 34 heavy (non-hydrogen) atoms. The lowest BCUT2D eigenvalue weighted by molar-refractivity contribution is -0.134. The molecule has 4 heterocycles. The molecule has 1 amide bonds. The van der Waals surface area contributed by atoms with Crippen LogP contribution in [0.15, 0.2) is 64.3 Å². The maximum absolute atomic E-state index is 13.3. The Hall–Kier alpha value is -3.24. The first-order valence-corrected chi connectivity index (χ1v) is 13.5. The fraction of sp³-hybridized carbons (Fsp3) is 0.292. The Balaban J connectivity index is 1.47. The smallest absolute Gasteiger partial charge is 0.262 e. The molecule has 10 heteroatoms. The molecular formula is C24H23N3O5S2. The van der Waals surface area contributed by atoms with Gasteiger partial charge >= 0.3 is 0 Å². The quantitative estimate of drug-likeness (QED) is 0.405. The first kappa shape index (κ1) is 22.5. The largest absolute Gasteiger partial charge is 0.467 e. The highest BCUT2D eigenvalue weighted by Crippen LogP contribution is 2.35. The predicted molar refractivity (Wildman–Crippen MR) is 130 cm³/mol. The first-order chi connectivity index (χ1) is 16.3. The topological polar surface area (TPSA) is 102 Å². The molecule has 1 atom stereocenters. The van der Waals surface area contributed by atoms with Gasteiger partial charge in [0, 0.05) is 10.9 Å². The second-order valence-corrected chi connectivity index (χ2v) is 11.7. The van der Waals surface area contributed by atoms with E-state index in [-0.39, 0.29) is 36.1 Å². The van der Waals surface area contributed by atoms with Crippen LogP contribution in [0.1, 0.15) is 17.7 Å². The minimum atomic E-state index is -3.20. The number of aryl methyl sites for hydroxylation is 1. The van der Waals surface area contributed by atoms with Gasteiger partial charge in [-0.2, -0.15) is 0 Å². The SMILES string of the molecule is Cc1c(-c2ccccc2)sc2ncn(CC(=O)N(Cc3ccco3)C3CCS(=O)(=O)C3)c(=O)c12. The standard InChI is InChI=1S/C24H23N3O5S2/c1-16-21-23(33-22(16)17-6-3-2-4-7-17)25-15-26(24(21)29)13-20(28)27(12-19-8-5-10-32-19)18-9-11-34(30,31)14-18/h2-8,10,15,18H,9,11-14H2,1H3. The van der Waals surface area contributed by atoms with Crippen molar-refractivity contribution in [2.24, 2.45) is 0 Å². The maximum atomic E-state index is 13.3. The van der Waals surface area contributed by atoms with Gasteiger partial charge in [0.15, 0.2) is 9.84 Å². The van der Waals surface area contributed by atoms with Crippen LogP contribution in [0.2, 0.25) is 0 Å². The highest BCUT2D eigenvalue weighted by molar-refractivity contribution is 7.91. The summed E-state index contributed by atoms with van der Waals surface area (Å²) in [5.41, 5.74) is 1.56. The molecule has 1 aliphatic rings. The average molecular weight is 498 g/mol. The van der Waals surface area contributed by atoms with Crippen molar-refractivity contribution in [3.63, 3.8) is 0 Å². The molecule has 1 saturated heterocycles. The Labute approximate surface area is 200 Å². The highest BCUT2D eigenvalue weighted by atomic mass is 32.2. The molecule has 1 aromatic carbocycles. The van der Waals surface area contributed by atoms with Gasteiger partial charge in [-0.3, -0.25) is 14.2 Å². The summed E-state index contributed by atoms with van der Waals surface area (Å²) in [5, 5.41) is 0.500. The lowest BCUT2D eigenvalue weighted by Gasteiger charge is -2.27. The van der Waals surface area contributed by atoms with Gasteiger partial charge in [-0.1, -0.05) is 30.3 Å². The zero-order valence-corrected chi connectivity index (χ0v) is 20.1. The number of rotatable bonds is 6. The van der Waals surface area contributed by atoms with Crippen LogP contribution < -0.4 is 5.56 Å². The van der Waals surface area contributed by atoms with Gasteiger partial charge in [-0.05, 0) is 36.6 Å². The minimum absolute atomic E-state index is 0.0451. The number of hydrogen-bond acceptors (Lipinski definition) is 7. The van der Waals surface area contributed by atoms with Gasteiger partial charge in [0.25, 0.3) is 5.56 Å². The van der Waals surface area contributed by atoms with E-state index in [1.165, 1.54) is 33.4 Å². The fourth-order valence-electron chi connectivity index (χ4n) is 4.39. The van der Waals surface area contributed by atoms with Gasteiger partial charge in [0.1, 0.15) is 17.1 Å². The summed E-state index contributed by atoms with van der Waals surface area (Å²) in [4.78, 5) is 34.2. The van der Waals surface area contributed by atoms with E-state index in [4.69, 9.17) is 4.42 Å². The van der Waals surface area contributed by atoms with E-state index in [2.05, 4.69) is 4.98 Å². The molecule has 5 rings (SSSR count). The van der Waals surface area contributed by atoms with E-state index in [0.29, 0.717) is 22.4 Å². The molecule has 176 valence electrons. The van der Waals surface area contributed by atoms with Crippen LogP contribution >= 0.6 is 11.3 Å². The van der Waals surface area contributed by atoms with E-state index in [1.807, 2.05) is 37.3 Å². The van der Waals surface area contributed by atoms with Crippen LogP contribution in [0.3, 0.4) is 0 Å². The fourth-order valence-corrected chi connectivity index (χ4v) is 7.26. The first-order valence-electron chi connectivity index (χ1n) is 10.9. The van der Waals surface area contributed by atoms with Gasteiger partial charge in [-0.25, -0.2) is 13.4 Å². The minimum Gasteiger partial charge on any atom is -0.467 e. The van der Waals surface area contributed by atoms with Crippen molar-refractivity contribution < 1.29 is 17.6 Å². The van der Waals surface area contributed by atoms with Crippen molar-refractivity contribution in [1.29, 1.82) is 0 Å². The van der Waals surface area contributed by atoms with E-state index in [9.17, 15) is 18.0 Å². The number of aromatic nitrogens is 2. The number of furan rings is 1. The Bertz CT molecular complexity index is 1510. The molecule has 1 unspecified atom stereocenters. The van der Waals surface area contributed by atoms with Crippen molar-refractivity contribution in [3.05, 3.63) is 76.7 Å². The Morgan fingerprint density at radius 2 is 2.03 bits per heavy atom. The highest BCUT2D eigenvalue weighted by Gasteiger charge is 2.35. The number of carbonyl (C=O) groups is 1. The number of fused-ring (bicyclic) bond motifs is 1. The van der Waals surface area contributed by atoms with Crippen molar-refractivity contribution in [2.75, 3.05) is 11.5 Å². The van der Waals surface area contributed by atoms with Crippen LogP contribution in [-0.4, -0.2) is 46.3 Å². The van der Waals surface area contributed by atoms with Gasteiger partial charge in [0.2, 0.25) is 5.91 Å². The van der Waals surface area contributed by atoms with Gasteiger partial charge in [-0.15, -0.1) is 11.3 Å². The molecule has 0 N–H and O–H groups in total. The van der Waals surface area contributed by atoms with E-state index in [1.54, 1.807) is 12.1 Å². The third-order valence-electron chi connectivity index (χ3n) is 6.13. The summed E-state index contributed by atoms with van der Waals surface area (Å²) in [7, 11) is -3.20. The Kier molecular flexibility index (Phi) is 5.86. The molecule has 0 radical (unpaired) electrons. The normalized spacial score (nSPS) is 17.3. The summed E-state index contributed by atoms with van der Waals surface area (Å²) >= 11 is 1.45. The number of thiophene rings is 1. The number of amides is 1. The Morgan fingerprint density at radius 1 is 1.24 bits per heavy atom. The zero-order valence-electron chi connectivity index (χ0n) is 18.5. The van der Waals surface area contributed by atoms with Crippen LogP contribution in [-0.2, 0) is 27.7 Å². The predicted octanol–water partition coefficient (Wildman–Crippen LogP) is 3.24. The lowest BCUT2D eigenvalue weighted by atomic mass is 10.1. The molecule has 1 fully saturated rings. The second kappa shape index (κ2) is 8.84. The molecule has 3 aromatic heterocycles. The third kappa shape index (κ3) is 4.30.